The summed E-state index contributed by atoms with van der Waals surface area (Å²) in [4.78, 5) is 14.4. The van der Waals surface area contributed by atoms with Gasteiger partial charge in [0.1, 0.15) is 0 Å². The lowest BCUT2D eigenvalue weighted by atomic mass is 10.0. The van der Waals surface area contributed by atoms with E-state index >= 15 is 0 Å². The summed E-state index contributed by atoms with van der Waals surface area (Å²) in [6.45, 7) is 7.02. The number of hydrogen-bond donors (Lipinski definition) is 2. The molecular weight excluding hydrogens is 415 g/mol. The van der Waals surface area contributed by atoms with Crippen molar-refractivity contribution in [1.29, 1.82) is 0 Å². The Labute approximate surface area is 189 Å². The lowest BCUT2D eigenvalue weighted by Gasteiger charge is -2.28. The van der Waals surface area contributed by atoms with Crippen molar-refractivity contribution in [3.05, 3.63) is 64.2 Å². The fourth-order valence-corrected chi connectivity index (χ4v) is 3.25. The van der Waals surface area contributed by atoms with Crippen LogP contribution in [0.25, 0.3) is 0 Å². The van der Waals surface area contributed by atoms with E-state index in [1.807, 2.05) is 24.8 Å². The highest BCUT2D eigenvalue weighted by atomic mass is 19.4. The number of amides is 1. The number of aryl methyl sites for hydroxylation is 2. The number of carbonyl (C=O) groups excluding carboxylic acids is 1. The summed E-state index contributed by atoms with van der Waals surface area (Å²) >= 11 is 0. The monoisotopic (exact) mass is 449 g/mol. The predicted molar refractivity (Wildman–Crippen MR) is 124 cm³/mol. The van der Waals surface area contributed by atoms with Crippen LogP contribution in [0, 0.1) is 13.8 Å². The van der Waals surface area contributed by atoms with E-state index in [4.69, 9.17) is 0 Å². The van der Waals surface area contributed by atoms with Crippen LogP contribution < -0.4 is 10.6 Å². The first-order valence-corrected chi connectivity index (χ1v) is 10.8. The molecule has 4 rings (SSSR count). The Morgan fingerprint density at radius 3 is 2.22 bits per heavy atom. The molecule has 1 aliphatic heterocycles. The van der Waals surface area contributed by atoms with E-state index in [9.17, 15) is 18.0 Å². The number of hydrogen-bond acceptors (Lipinski definition) is 3. The zero-order chi connectivity index (χ0) is 22.4. The third-order valence-corrected chi connectivity index (χ3v) is 5.40. The van der Waals surface area contributed by atoms with Crippen molar-refractivity contribution in [3.63, 3.8) is 0 Å². The first-order chi connectivity index (χ1) is 14.7. The van der Waals surface area contributed by atoms with Gasteiger partial charge in [0.25, 0.3) is 5.91 Å². The molecule has 176 valence electrons. The maximum Gasteiger partial charge on any atom is 0.416 e. The number of anilines is 1. The summed E-state index contributed by atoms with van der Waals surface area (Å²) in [5.74, 6) is -0.425. The van der Waals surface area contributed by atoms with Crippen molar-refractivity contribution in [2.75, 3.05) is 31.5 Å². The molecule has 0 aromatic heterocycles. The lowest BCUT2D eigenvalue weighted by molar-refractivity contribution is -0.138. The van der Waals surface area contributed by atoms with E-state index < -0.39 is 17.6 Å². The number of nitrogens with one attached hydrogen (secondary N) is 2. The number of rotatable bonds is 4. The first kappa shape index (κ1) is 25.9. The van der Waals surface area contributed by atoms with Gasteiger partial charge in [-0.2, -0.15) is 13.2 Å². The van der Waals surface area contributed by atoms with Gasteiger partial charge in [-0.1, -0.05) is 38.8 Å². The van der Waals surface area contributed by atoms with Crippen LogP contribution in [0.3, 0.4) is 0 Å². The number of nitrogens with zero attached hydrogens (tertiary/aromatic N) is 1. The van der Waals surface area contributed by atoms with Crippen molar-refractivity contribution < 1.29 is 18.0 Å². The fraction of sp³-hybridized carbons (Fsp3) is 0.480. The van der Waals surface area contributed by atoms with Crippen LogP contribution in [0.2, 0.25) is 0 Å². The molecule has 2 aromatic carbocycles. The van der Waals surface area contributed by atoms with Crippen LogP contribution in [0.15, 0.2) is 36.4 Å². The van der Waals surface area contributed by atoms with Gasteiger partial charge in [0.05, 0.1) is 5.56 Å². The van der Waals surface area contributed by atoms with Gasteiger partial charge in [0, 0.05) is 44.0 Å². The normalized spacial score (nSPS) is 15.8. The number of carbonyl (C=O) groups is 1. The Bertz CT molecular complexity index is 901. The Morgan fingerprint density at radius 1 is 1.00 bits per heavy atom. The molecule has 1 saturated heterocycles. The number of alkyl halides is 3. The molecule has 32 heavy (non-hydrogen) atoms. The largest absolute Gasteiger partial charge is 0.416 e. The fourth-order valence-electron chi connectivity index (χ4n) is 3.25. The average molecular weight is 450 g/mol. The molecule has 2 N–H and O–H groups in total. The number of benzene rings is 2. The van der Waals surface area contributed by atoms with E-state index in [0.717, 1.165) is 30.3 Å². The van der Waals surface area contributed by atoms with Crippen LogP contribution in [0.5, 0.6) is 0 Å². The standard InChI is InChI=1S/C21H24F3N3O.C3H6.CH4/c1-14-3-4-16(11-15(14)2)20(28)26-18-6-5-17(19(12-18)21(22,23)24)13-27-9-7-25-8-10-27;1-2-3-1;/h3-6,11-12,25H,7-10,13H2,1-2H3,(H,26,28);1-3H2;1H4. The maximum absolute atomic E-state index is 13.6. The molecule has 4 nitrogen and oxygen atoms in total. The van der Waals surface area contributed by atoms with Gasteiger partial charge in [-0.05, 0) is 54.8 Å². The summed E-state index contributed by atoms with van der Waals surface area (Å²) < 4.78 is 40.8. The van der Waals surface area contributed by atoms with Crippen molar-refractivity contribution >= 4 is 11.6 Å². The van der Waals surface area contributed by atoms with Crippen molar-refractivity contribution in [1.82, 2.24) is 10.2 Å². The third kappa shape index (κ3) is 7.64. The van der Waals surface area contributed by atoms with Crippen LogP contribution in [0.1, 0.15) is 59.3 Å². The van der Waals surface area contributed by atoms with Gasteiger partial charge < -0.3 is 10.6 Å². The molecule has 0 spiro atoms. The second-order valence-electron chi connectivity index (χ2n) is 8.21. The summed E-state index contributed by atoms with van der Waals surface area (Å²) in [6, 6.07) is 9.24. The molecule has 2 aliphatic rings. The molecule has 0 atom stereocenters. The molecule has 2 aromatic rings. The molecule has 0 unspecified atom stereocenters. The van der Waals surface area contributed by atoms with Gasteiger partial charge in [-0.3, -0.25) is 9.69 Å². The average Bonchev–Trinajstić information content (AvgIpc) is 3.60. The zero-order valence-electron chi connectivity index (χ0n) is 18.1. The Morgan fingerprint density at radius 2 is 1.66 bits per heavy atom. The van der Waals surface area contributed by atoms with Crippen LogP contribution >= 0.6 is 0 Å². The number of piperazine rings is 1. The molecule has 7 heteroatoms. The summed E-state index contributed by atoms with van der Waals surface area (Å²) in [5, 5.41) is 5.77. The van der Waals surface area contributed by atoms with E-state index in [1.165, 1.54) is 31.4 Å². The lowest BCUT2D eigenvalue weighted by Crippen LogP contribution is -2.43. The van der Waals surface area contributed by atoms with Crippen LogP contribution in [-0.2, 0) is 12.7 Å². The highest BCUT2D eigenvalue weighted by molar-refractivity contribution is 6.04. The first-order valence-electron chi connectivity index (χ1n) is 10.8. The molecule has 1 amide bonds. The quantitative estimate of drug-likeness (QED) is 0.621. The van der Waals surface area contributed by atoms with Crippen molar-refractivity contribution in [2.24, 2.45) is 0 Å². The highest BCUT2D eigenvalue weighted by Crippen LogP contribution is 2.34. The molecule has 0 radical (unpaired) electrons. The van der Waals surface area contributed by atoms with E-state index in [1.54, 1.807) is 12.1 Å². The molecular formula is C25H34F3N3O. The number of halogens is 3. The van der Waals surface area contributed by atoms with Crippen molar-refractivity contribution in [2.45, 2.75) is 53.3 Å². The second kappa shape index (κ2) is 11.5. The van der Waals surface area contributed by atoms with Gasteiger partial charge in [0.2, 0.25) is 0 Å². The molecule has 1 aliphatic carbocycles. The maximum atomic E-state index is 13.6. The van der Waals surface area contributed by atoms with Gasteiger partial charge in [0.15, 0.2) is 0 Å². The highest BCUT2D eigenvalue weighted by Gasteiger charge is 2.34. The molecule has 0 bridgehead atoms. The van der Waals surface area contributed by atoms with E-state index in [2.05, 4.69) is 10.6 Å². The van der Waals surface area contributed by atoms with E-state index in [-0.39, 0.29) is 25.2 Å². The molecule has 1 heterocycles. The summed E-state index contributed by atoms with van der Waals surface area (Å²) in [5.41, 5.74) is 2.08. The third-order valence-electron chi connectivity index (χ3n) is 5.40. The second-order valence-corrected chi connectivity index (χ2v) is 8.21. The minimum atomic E-state index is -4.48. The zero-order valence-corrected chi connectivity index (χ0v) is 18.1. The van der Waals surface area contributed by atoms with Crippen LogP contribution in [0.4, 0.5) is 18.9 Å². The topological polar surface area (TPSA) is 44.4 Å². The molecule has 1 saturated carbocycles. The van der Waals surface area contributed by atoms with Gasteiger partial charge in [-0.25, -0.2) is 0 Å². The summed E-state index contributed by atoms with van der Waals surface area (Å²) in [6.07, 6.45) is 0.0184. The van der Waals surface area contributed by atoms with E-state index in [0.29, 0.717) is 18.7 Å². The van der Waals surface area contributed by atoms with Gasteiger partial charge >= 0.3 is 6.18 Å². The van der Waals surface area contributed by atoms with Gasteiger partial charge in [-0.15, -0.1) is 0 Å². The molecule has 2 fully saturated rings. The van der Waals surface area contributed by atoms with Crippen molar-refractivity contribution in [3.8, 4) is 0 Å². The minimum Gasteiger partial charge on any atom is -0.322 e. The summed E-state index contributed by atoms with van der Waals surface area (Å²) in [7, 11) is 0. The Balaban J connectivity index is 0.000000836. The smallest absolute Gasteiger partial charge is 0.322 e. The Kier molecular flexibility index (Phi) is 9.28. The predicted octanol–water partition coefficient (Wildman–Crippen LogP) is 5.79. The minimum absolute atomic E-state index is 0. The SMILES string of the molecule is C.C1CC1.Cc1ccc(C(=O)Nc2ccc(CN3CCNCC3)c(C(F)(F)F)c2)cc1C. The Hall–Kier alpha value is -2.38. The van der Waals surface area contributed by atoms with Crippen LogP contribution in [-0.4, -0.2) is 37.0 Å².